The summed E-state index contributed by atoms with van der Waals surface area (Å²) in [4.78, 5) is 8.87. The van der Waals surface area contributed by atoms with Gasteiger partial charge in [-0.15, -0.1) is 0 Å². The molecular weight excluding hydrogens is 326 g/mol. The first-order chi connectivity index (χ1) is 11.7. The van der Waals surface area contributed by atoms with Gasteiger partial charge in [0.1, 0.15) is 0 Å². The standard InChI is InChI=1S/C16H14ClN7/c1-23-10-13(8-19-23)21-16-18-6-12-7-20-24(15(12)22-16)9-11-4-2-3-5-14(11)17/h2-8,10H,9H2,1H3,(H,18,21,22). The first-order valence-electron chi connectivity index (χ1n) is 7.37. The first kappa shape index (κ1) is 14.6. The van der Waals surface area contributed by atoms with Crippen molar-refractivity contribution < 1.29 is 0 Å². The number of hydrogen-bond acceptors (Lipinski definition) is 5. The van der Waals surface area contributed by atoms with E-state index in [-0.39, 0.29) is 0 Å². The summed E-state index contributed by atoms with van der Waals surface area (Å²) in [6.45, 7) is 0.548. The molecule has 0 saturated carbocycles. The summed E-state index contributed by atoms with van der Waals surface area (Å²) in [5, 5.41) is 13.2. The lowest BCUT2D eigenvalue weighted by atomic mass is 10.2. The van der Waals surface area contributed by atoms with Crippen LogP contribution in [0.25, 0.3) is 11.0 Å². The van der Waals surface area contributed by atoms with Gasteiger partial charge in [0.2, 0.25) is 5.95 Å². The van der Waals surface area contributed by atoms with Crippen LogP contribution in [0.2, 0.25) is 5.02 Å². The summed E-state index contributed by atoms with van der Waals surface area (Å²) in [6, 6.07) is 7.71. The molecule has 3 aromatic heterocycles. The Bertz CT molecular complexity index is 1000. The van der Waals surface area contributed by atoms with Crippen LogP contribution < -0.4 is 5.32 Å². The normalized spacial score (nSPS) is 11.1. The molecular formula is C16H14ClN7. The molecule has 0 fully saturated rings. The number of benzene rings is 1. The minimum atomic E-state index is 0.497. The fraction of sp³-hybridized carbons (Fsp3) is 0.125. The Balaban J connectivity index is 1.67. The lowest BCUT2D eigenvalue weighted by Crippen LogP contribution is -2.04. The highest BCUT2D eigenvalue weighted by Crippen LogP contribution is 2.20. The highest BCUT2D eigenvalue weighted by molar-refractivity contribution is 6.31. The summed E-state index contributed by atoms with van der Waals surface area (Å²) in [7, 11) is 1.86. The van der Waals surface area contributed by atoms with Crippen LogP contribution in [0, 0.1) is 0 Å². The molecule has 7 nitrogen and oxygen atoms in total. The maximum atomic E-state index is 6.24. The van der Waals surface area contributed by atoms with Crippen molar-refractivity contribution in [1.82, 2.24) is 29.5 Å². The van der Waals surface area contributed by atoms with Crippen LogP contribution in [-0.4, -0.2) is 29.5 Å². The SMILES string of the molecule is Cn1cc(Nc2ncc3cnn(Cc4ccccc4Cl)c3n2)cn1. The average molecular weight is 340 g/mol. The molecule has 0 amide bonds. The number of hydrogen-bond donors (Lipinski definition) is 1. The van der Waals surface area contributed by atoms with Crippen molar-refractivity contribution in [2.75, 3.05) is 5.32 Å². The third-order valence-electron chi connectivity index (χ3n) is 3.62. The predicted octanol–water partition coefficient (Wildman–Crippen LogP) is 3.01. The Labute approximate surface area is 142 Å². The van der Waals surface area contributed by atoms with E-state index in [0.29, 0.717) is 17.5 Å². The number of rotatable bonds is 4. The van der Waals surface area contributed by atoms with Crippen LogP contribution in [0.15, 0.2) is 49.1 Å². The Morgan fingerprint density at radius 3 is 2.79 bits per heavy atom. The van der Waals surface area contributed by atoms with Crippen LogP contribution in [0.5, 0.6) is 0 Å². The number of nitrogens with one attached hydrogen (secondary N) is 1. The van der Waals surface area contributed by atoms with Crippen LogP contribution in [0.3, 0.4) is 0 Å². The van der Waals surface area contributed by atoms with Crippen molar-refractivity contribution in [2.45, 2.75) is 6.54 Å². The number of halogens is 1. The van der Waals surface area contributed by atoms with Gasteiger partial charge < -0.3 is 5.32 Å². The number of nitrogens with zero attached hydrogens (tertiary/aromatic N) is 6. The third-order valence-corrected chi connectivity index (χ3v) is 3.98. The van der Waals surface area contributed by atoms with Crippen molar-refractivity contribution >= 4 is 34.3 Å². The summed E-state index contributed by atoms with van der Waals surface area (Å²) in [5.41, 5.74) is 2.56. The van der Waals surface area contributed by atoms with E-state index in [2.05, 4.69) is 25.5 Å². The van der Waals surface area contributed by atoms with Gasteiger partial charge in [-0.3, -0.25) is 4.68 Å². The summed E-state index contributed by atoms with van der Waals surface area (Å²) in [5.74, 6) is 0.497. The van der Waals surface area contributed by atoms with E-state index in [1.54, 1.807) is 23.3 Å². The first-order valence-corrected chi connectivity index (χ1v) is 7.74. The quantitative estimate of drug-likeness (QED) is 0.618. The van der Waals surface area contributed by atoms with Gasteiger partial charge >= 0.3 is 0 Å². The number of fused-ring (bicyclic) bond motifs is 1. The zero-order chi connectivity index (χ0) is 16.5. The van der Waals surface area contributed by atoms with Gasteiger partial charge in [0.05, 0.1) is 30.0 Å². The molecule has 0 aliphatic heterocycles. The van der Waals surface area contributed by atoms with Crippen molar-refractivity contribution in [1.29, 1.82) is 0 Å². The zero-order valence-electron chi connectivity index (χ0n) is 12.9. The molecule has 0 unspecified atom stereocenters. The van der Waals surface area contributed by atoms with Gasteiger partial charge in [0.15, 0.2) is 5.65 Å². The van der Waals surface area contributed by atoms with E-state index in [0.717, 1.165) is 22.3 Å². The molecule has 0 atom stereocenters. The van der Waals surface area contributed by atoms with Gasteiger partial charge in [-0.2, -0.15) is 15.2 Å². The van der Waals surface area contributed by atoms with Crippen molar-refractivity contribution in [3.63, 3.8) is 0 Å². The van der Waals surface area contributed by atoms with Gasteiger partial charge in [-0.05, 0) is 11.6 Å². The number of aryl methyl sites for hydroxylation is 1. The molecule has 1 N–H and O–H groups in total. The monoisotopic (exact) mass is 339 g/mol. The molecule has 4 rings (SSSR count). The van der Waals surface area contributed by atoms with Crippen molar-refractivity contribution in [3.8, 4) is 0 Å². The van der Waals surface area contributed by atoms with Gasteiger partial charge in [0, 0.05) is 24.5 Å². The Kier molecular flexibility index (Phi) is 3.62. The number of anilines is 2. The van der Waals surface area contributed by atoms with Gasteiger partial charge in [-0.25, -0.2) is 9.67 Å². The van der Waals surface area contributed by atoms with E-state index >= 15 is 0 Å². The second-order valence-corrected chi connectivity index (χ2v) is 5.80. The third kappa shape index (κ3) is 2.81. The maximum Gasteiger partial charge on any atom is 0.229 e. The van der Waals surface area contributed by atoms with Crippen LogP contribution >= 0.6 is 11.6 Å². The molecule has 0 radical (unpaired) electrons. The van der Waals surface area contributed by atoms with Gasteiger partial charge in [0.25, 0.3) is 0 Å². The molecule has 8 heteroatoms. The predicted molar refractivity (Wildman–Crippen MR) is 92.4 cm³/mol. The summed E-state index contributed by atoms with van der Waals surface area (Å²) < 4.78 is 3.52. The van der Waals surface area contributed by atoms with Crippen LogP contribution in [-0.2, 0) is 13.6 Å². The highest BCUT2D eigenvalue weighted by atomic mass is 35.5. The smallest absolute Gasteiger partial charge is 0.229 e. The van der Waals surface area contributed by atoms with Crippen LogP contribution in [0.1, 0.15) is 5.56 Å². The average Bonchev–Trinajstić information content (AvgIpc) is 3.16. The largest absolute Gasteiger partial charge is 0.321 e. The molecule has 120 valence electrons. The molecule has 0 saturated heterocycles. The second-order valence-electron chi connectivity index (χ2n) is 5.39. The molecule has 0 bridgehead atoms. The second kappa shape index (κ2) is 5.93. The fourth-order valence-electron chi connectivity index (χ4n) is 2.45. The Hall–Kier alpha value is -2.93. The highest BCUT2D eigenvalue weighted by Gasteiger charge is 2.09. The number of aromatic nitrogens is 6. The molecule has 3 heterocycles. The lowest BCUT2D eigenvalue weighted by Gasteiger charge is -2.06. The zero-order valence-corrected chi connectivity index (χ0v) is 13.6. The van der Waals surface area contributed by atoms with E-state index in [1.165, 1.54) is 0 Å². The van der Waals surface area contributed by atoms with E-state index in [9.17, 15) is 0 Å². The minimum Gasteiger partial charge on any atom is -0.321 e. The maximum absolute atomic E-state index is 6.24. The van der Waals surface area contributed by atoms with Crippen molar-refractivity contribution in [3.05, 3.63) is 59.6 Å². The Morgan fingerprint density at radius 1 is 1.12 bits per heavy atom. The minimum absolute atomic E-state index is 0.497. The molecule has 0 aliphatic carbocycles. The molecule has 1 aromatic carbocycles. The Morgan fingerprint density at radius 2 is 2.00 bits per heavy atom. The summed E-state index contributed by atoms with van der Waals surface area (Å²) >= 11 is 6.24. The van der Waals surface area contributed by atoms with Crippen molar-refractivity contribution in [2.24, 2.45) is 7.05 Å². The molecule has 4 aromatic rings. The topological polar surface area (TPSA) is 73.5 Å². The molecule has 0 aliphatic rings. The fourth-order valence-corrected chi connectivity index (χ4v) is 2.64. The van der Waals surface area contributed by atoms with Gasteiger partial charge in [-0.1, -0.05) is 29.8 Å². The van der Waals surface area contributed by atoms with E-state index in [1.807, 2.05) is 42.2 Å². The molecule has 0 spiro atoms. The molecule has 24 heavy (non-hydrogen) atoms. The lowest BCUT2D eigenvalue weighted by molar-refractivity contribution is 0.704. The van der Waals surface area contributed by atoms with E-state index < -0.39 is 0 Å². The summed E-state index contributed by atoms with van der Waals surface area (Å²) in [6.07, 6.45) is 7.07. The van der Waals surface area contributed by atoms with Crippen LogP contribution in [0.4, 0.5) is 11.6 Å². The van der Waals surface area contributed by atoms with E-state index in [4.69, 9.17) is 11.6 Å².